The van der Waals surface area contributed by atoms with Crippen LogP contribution in [0.1, 0.15) is 11.1 Å². The number of pyridine rings is 2. The zero-order valence-corrected chi connectivity index (χ0v) is 20.1. The minimum atomic E-state index is -0.0597. The number of nitrogens with zero attached hydrogens (tertiary/aromatic N) is 4. The van der Waals surface area contributed by atoms with Crippen LogP contribution in [0.2, 0.25) is 0 Å². The normalized spacial score (nSPS) is 11.1. The minimum absolute atomic E-state index is 0.0597. The lowest BCUT2D eigenvalue weighted by molar-refractivity contribution is 0.292. The quantitative estimate of drug-likeness (QED) is 0.356. The summed E-state index contributed by atoms with van der Waals surface area (Å²) in [5, 5.41) is 5.47. The Hall–Kier alpha value is -4.39. The predicted molar refractivity (Wildman–Crippen MR) is 137 cm³/mol. The molecule has 3 aromatic heterocycles. The number of rotatable bonds is 6. The number of methoxy groups -OCH3 is 1. The molecule has 0 N–H and O–H groups in total. The maximum absolute atomic E-state index is 11.7. The van der Waals surface area contributed by atoms with Crippen LogP contribution >= 0.6 is 0 Å². The van der Waals surface area contributed by atoms with Crippen molar-refractivity contribution in [3.63, 3.8) is 0 Å². The second-order valence-electron chi connectivity index (χ2n) is 8.55. The molecule has 0 bridgehead atoms. The highest BCUT2D eigenvalue weighted by atomic mass is 16.5. The van der Waals surface area contributed by atoms with E-state index in [9.17, 15) is 4.79 Å². The average Bonchev–Trinajstić information content (AvgIpc) is 3.24. The Balaban J connectivity index is 1.37. The van der Waals surface area contributed by atoms with E-state index in [2.05, 4.69) is 30.2 Å². The summed E-state index contributed by atoms with van der Waals surface area (Å²) in [6.07, 6.45) is 3.68. The fourth-order valence-corrected chi connectivity index (χ4v) is 4.18. The molecular weight excluding hydrogens is 440 g/mol. The van der Waals surface area contributed by atoms with Crippen molar-refractivity contribution in [2.45, 2.75) is 13.5 Å². The number of aryl methyl sites for hydroxylation is 3. The van der Waals surface area contributed by atoms with Crippen LogP contribution in [-0.4, -0.2) is 26.4 Å². The third-order valence-corrected chi connectivity index (χ3v) is 6.02. The standard InChI is InChI=1S/C28H26N4O3/c1-18-14-22-24(6-5-7-25(22)34-4)29-27(18)20-10-8-19(9-11-20)17-35-28-23(16-32(3)30-28)21-12-13-26(33)31(2)15-21/h5-16H,17H2,1-4H3. The smallest absolute Gasteiger partial charge is 0.250 e. The highest BCUT2D eigenvalue weighted by Gasteiger charge is 2.13. The molecule has 5 aromatic rings. The van der Waals surface area contributed by atoms with Crippen molar-refractivity contribution in [1.29, 1.82) is 0 Å². The van der Waals surface area contributed by atoms with E-state index in [-0.39, 0.29) is 5.56 Å². The fraction of sp³-hybridized carbons (Fsp3) is 0.179. The first-order chi connectivity index (χ1) is 16.9. The zero-order valence-electron chi connectivity index (χ0n) is 20.1. The first-order valence-corrected chi connectivity index (χ1v) is 11.3. The van der Waals surface area contributed by atoms with Crippen LogP contribution in [0.25, 0.3) is 33.3 Å². The van der Waals surface area contributed by atoms with Gasteiger partial charge in [-0.05, 0) is 42.3 Å². The van der Waals surface area contributed by atoms with E-state index in [1.54, 1.807) is 41.7 Å². The van der Waals surface area contributed by atoms with Gasteiger partial charge >= 0.3 is 0 Å². The highest BCUT2D eigenvalue weighted by Crippen LogP contribution is 2.31. The molecular formula is C28H26N4O3. The van der Waals surface area contributed by atoms with E-state index in [1.807, 2.05) is 43.6 Å². The summed E-state index contributed by atoms with van der Waals surface area (Å²) in [5.41, 5.74) is 6.65. The lowest BCUT2D eigenvalue weighted by Crippen LogP contribution is -2.13. The Morgan fingerprint density at radius 1 is 0.943 bits per heavy atom. The van der Waals surface area contributed by atoms with Gasteiger partial charge in [0.05, 0.1) is 23.9 Å². The van der Waals surface area contributed by atoms with Crippen molar-refractivity contribution in [2.75, 3.05) is 7.11 Å². The molecule has 0 aliphatic rings. The van der Waals surface area contributed by atoms with Crippen LogP contribution in [0, 0.1) is 6.92 Å². The number of hydrogen-bond donors (Lipinski definition) is 0. The average molecular weight is 467 g/mol. The molecule has 5 rings (SSSR count). The number of benzene rings is 2. The number of ether oxygens (including phenoxy) is 2. The first kappa shape index (κ1) is 22.4. The molecule has 7 heteroatoms. The second kappa shape index (κ2) is 9.10. The van der Waals surface area contributed by atoms with Gasteiger partial charge in [-0.15, -0.1) is 5.10 Å². The summed E-state index contributed by atoms with van der Waals surface area (Å²) in [4.78, 5) is 16.6. The molecule has 0 amide bonds. The SMILES string of the molecule is COc1cccc2nc(-c3ccc(COc4nn(C)cc4-c4ccc(=O)n(C)c4)cc3)c(C)cc12. The largest absolute Gasteiger partial charge is 0.496 e. The maximum Gasteiger partial charge on any atom is 0.250 e. The first-order valence-electron chi connectivity index (χ1n) is 11.3. The molecule has 0 saturated heterocycles. The van der Waals surface area contributed by atoms with E-state index in [0.29, 0.717) is 12.5 Å². The maximum atomic E-state index is 11.7. The van der Waals surface area contributed by atoms with Crippen molar-refractivity contribution in [2.24, 2.45) is 14.1 Å². The Morgan fingerprint density at radius 3 is 2.46 bits per heavy atom. The predicted octanol–water partition coefficient (Wildman–Crippen LogP) is 4.90. The van der Waals surface area contributed by atoms with Crippen LogP contribution < -0.4 is 15.0 Å². The molecule has 3 heterocycles. The molecule has 7 nitrogen and oxygen atoms in total. The van der Waals surface area contributed by atoms with E-state index in [4.69, 9.17) is 14.5 Å². The number of hydrogen-bond acceptors (Lipinski definition) is 5. The van der Waals surface area contributed by atoms with Crippen LogP contribution in [0.4, 0.5) is 0 Å². The molecule has 0 saturated carbocycles. The minimum Gasteiger partial charge on any atom is -0.496 e. The van der Waals surface area contributed by atoms with Gasteiger partial charge in [-0.3, -0.25) is 9.48 Å². The second-order valence-corrected chi connectivity index (χ2v) is 8.55. The van der Waals surface area contributed by atoms with Crippen LogP contribution in [0.3, 0.4) is 0 Å². The summed E-state index contributed by atoms with van der Waals surface area (Å²) in [6, 6.07) is 19.6. The summed E-state index contributed by atoms with van der Waals surface area (Å²) in [6.45, 7) is 2.44. The van der Waals surface area contributed by atoms with E-state index >= 15 is 0 Å². The fourth-order valence-electron chi connectivity index (χ4n) is 4.18. The molecule has 0 radical (unpaired) electrons. The Labute approximate surface area is 203 Å². The molecule has 0 fully saturated rings. The van der Waals surface area contributed by atoms with Crippen molar-refractivity contribution in [3.8, 4) is 34.0 Å². The van der Waals surface area contributed by atoms with E-state index in [0.717, 1.165) is 50.2 Å². The van der Waals surface area contributed by atoms with Crippen LogP contribution in [0.15, 0.2) is 77.9 Å². The molecule has 0 spiro atoms. The van der Waals surface area contributed by atoms with Gasteiger partial charge in [-0.25, -0.2) is 4.98 Å². The Morgan fingerprint density at radius 2 is 1.71 bits per heavy atom. The highest BCUT2D eigenvalue weighted by molar-refractivity contribution is 5.88. The molecule has 0 unspecified atom stereocenters. The van der Waals surface area contributed by atoms with Crippen LogP contribution in [-0.2, 0) is 20.7 Å². The van der Waals surface area contributed by atoms with Gasteiger partial charge in [0.1, 0.15) is 12.4 Å². The Bertz CT molecular complexity index is 1580. The molecule has 2 aromatic carbocycles. The molecule has 0 aliphatic heterocycles. The zero-order chi connectivity index (χ0) is 24.5. The van der Waals surface area contributed by atoms with Gasteiger partial charge in [0, 0.05) is 49.1 Å². The summed E-state index contributed by atoms with van der Waals surface area (Å²) in [5.74, 6) is 1.35. The summed E-state index contributed by atoms with van der Waals surface area (Å²) >= 11 is 0. The van der Waals surface area contributed by atoms with Gasteiger partial charge in [-0.1, -0.05) is 30.3 Å². The third-order valence-electron chi connectivity index (χ3n) is 6.02. The van der Waals surface area contributed by atoms with Gasteiger partial charge in [0.15, 0.2) is 0 Å². The van der Waals surface area contributed by atoms with Gasteiger partial charge in [0.2, 0.25) is 11.4 Å². The van der Waals surface area contributed by atoms with Gasteiger partial charge < -0.3 is 14.0 Å². The van der Waals surface area contributed by atoms with Gasteiger partial charge in [0.25, 0.3) is 0 Å². The summed E-state index contributed by atoms with van der Waals surface area (Å²) < 4.78 is 14.8. The van der Waals surface area contributed by atoms with Crippen LogP contribution in [0.5, 0.6) is 11.6 Å². The van der Waals surface area contributed by atoms with Gasteiger partial charge in [-0.2, -0.15) is 0 Å². The van der Waals surface area contributed by atoms with E-state index in [1.165, 1.54) is 0 Å². The topological polar surface area (TPSA) is 71.2 Å². The van der Waals surface area contributed by atoms with Crippen molar-refractivity contribution in [1.82, 2.24) is 19.3 Å². The monoisotopic (exact) mass is 466 g/mol. The third kappa shape index (κ3) is 4.40. The van der Waals surface area contributed by atoms with E-state index < -0.39 is 0 Å². The molecule has 0 atom stereocenters. The van der Waals surface area contributed by atoms with Crippen molar-refractivity contribution in [3.05, 3.63) is 94.5 Å². The van der Waals surface area contributed by atoms with Crippen molar-refractivity contribution < 1.29 is 9.47 Å². The number of fused-ring (bicyclic) bond motifs is 1. The lowest BCUT2D eigenvalue weighted by atomic mass is 10.0. The summed E-state index contributed by atoms with van der Waals surface area (Å²) in [7, 11) is 5.25. The van der Waals surface area contributed by atoms with Crippen molar-refractivity contribution >= 4 is 10.9 Å². The molecule has 35 heavy (non-hydrogen) atoms. The lowest BCUT2D eigenvalue weighted by Gasteiger charge is -2.11. The molecule has 176 valence electrons. The Kier molecular flexibility index (Phi) is 5.82. The number of aromatic nitrogens is 4. The molecule has 0 aliphatic carbocycles.